The van der Waals surface area contributed by atoms with Gasteiger partial charge in [-0.2, -0.15) is 5.10 Å². The molecule has 0 saturated heterocycles. The second-order valence-electron chi connectivity index (χ2n) is 7.95. The van der Waals surface area contributed by atoms with Crippen LogP contribution in [0.25, 0.3) is 11.0 Å². The van der Waals surface area contributed by atoms with E-state index in [1.807, 2.05) is 51.3 Å². The fourth-order valence-electron chi connectivity index (χ4n) is 3.43. The molecule has 152 valence electrons. The van der Waals surface area contributed by atoms with E-state index in [9.17, 15) is 9.59 Å². The van der Waals surface area contributed by atoms with Crippen LogP contribution in [0.4, 0.5) is 5.69 Å². The summed E-state index contributed by atoms with van der Waals surface area (Å²) in [6, 6.07) is 7.48. The van der Waals surface area contributed by atoms with Crippen LogP contribution in [0.2, 0.25) is 0 Å². The molecule has 0 aliphatic carbocycles. The van der Waals surface area contributed by atoms with Crippen molar-refractivity contribution in [1.29, 1.82) is 0 Å². The normalized spacial score (nSPS) is 16.2. The van der Waals surface area contributed by atoms with Crippen molar-refractivity contribution in [3.8, 4) is 0 Å². The number of anilines is 1. The van der Waals surface area contributed by atoms with Crippen LogP contribution in [0, 0.1) is 0 Å². The second kappa shape index (κ2) is 7.53. The summed E-state index contributed by atoms with van der Waals surface area (Å²) in [4.78, 5) is 31.5. The van der Waals surface area contributed by atoms with Crippen LogP contribution in [-0.2, 0) is 10.3 Å². The highest BCUT2D eigenvalue weighted by molar-refractivity contribution is 7.99. The summed E-state index contributed by atoms with van der Waals surface area (Å²) in [5.74, 6) is 0.539. The molecule has 1 aliphatic heterocycles. The summed E-state index contributed by atoms with van der Waals surface area (Å²) >= 11 is 3.09. The van der Waals surface area contributed by atoms with Crippen LogP contribution in [-0.4, -0.2) is 37.2 Å². The molecule has 7 nitrogen and oxygen atoms in total. The Morgan fingerprint density at radius 3 is 2.83 bits per heavy atom. The quantitative estimate of drug-likeness (QED) is 0.503. The molecule has 0 radical (unpaired) electrons. The Hall–Kier alpha value is -2.26. The van der Waals surface area contributed by atoms with Gasteiger partial charge in [0, 0.05) is 17.1 Å². The van der Waals surface area contributed by atoms with E-state index < -0.39 is 0 Å². The fraction of sp³-hybridized carbons (Fsp3) is 0.400. The van der Waals surface area contributed by atoms with Crippen molar-refractivity contribution in [2.45, 2.75) is 48.8 Å². The Bertz CT molecular complexity index is 1150. The molecule has 1 amide bonds. The molecule has 1 unspecified atom stereocenters. The molecule has 0 bridgehead atoms. The lowest BCUT2D eigenvalue weighted by atomic mass is 10.1. The summed E-state index contributed by atoms with van der Waals surface area (Å²) in [6.07, 6.45) is 3.78. The van der Waals surface area contributed by atoms with Gasteiger partial charge in [-0.1, -0.05) is 23.9 Å². The third kappa shape index (κ3) is 3.69. The molecular formula is C20H23N5O2S2. The van der Waals surface area contributed by atoms with Crippen molar-refractivity contribution in [3.05, 3.63) is 40.8 Å². The van der Waals surface area contributed by atoms with E-state index in [0.29, 0.717) is 21.9 Å². The number of carbonyl (C=O) groups excluding carboxylic acids is 1. The number of nitrogens with one attached hydrogen (secondary N) is 1. The number of hydrogen-bond donors (Lipinski definition) is 1. The van der Waals surface area contributed by atoms with Crippen molar-refractivity contribution >= 4 is 46.2 Å². The average Bonchev–Trinajstić information content (AvgIpc) is 3.27. The van der Waals surface area contributed by atoms with E-state index in [1.54, 1.807) is 27.2 Å². The van der Waals surface area contributed by atoms with Crippen LogP contribution in [0.5, 0.6) is 0 Å². The highest BCUT2D eigenvalue weighted by Crippen LogP contribution is 2.34. The zero-order valence-electron chi connectivity index (χ0n) is 16.8. The molecule has 0 spiro atoms. The third-order valence-electron chi connectivity index (χ3n) is 4.81. The van der Waals surface area contributed by atoms with E-state index in [-0.39, 0.29) is 29.5 Å². The number of hydrogen-bond acceptors (Lipinski definition) is 6. The Morgan fingerprint density at radius 1 is 1.34 bits per heavy atom. The van der Waals surface area contributed by atoms with Crippen LogP contribution < -0.4 is 10.9 Å². The van der Waals surface area contributed by atoms with Crippen molar-refractivity contribution in [3.63, 3.8) is 0 Å². The van der Waals surface area contributed by atoms with Crippen LogP contribution >= 0.6 is 23.5 Å². The van der Waals surface area contributed by atoms with E-state index >= 15 is 0 Å². The maximum Gasteiger partial charge on any atom is 0.265 e. The smallest absolute Gasteiger partial charge is 0.265 e. The Labute approximate surface area is 177 Å². The maximum absolute atomic E-state index is 13.1. The Balaban J connectivity index is 1.62. The zero-order valence-corrected chi connectivity index (χ0v) is 18.4. The van der Waals surface area contributed by atoms with Crippen molar-refractivity contribution in [1.82, 2.24) is 19.3 Å². The number of nitrogens with zero attached hydrogens (tertiary/aromatic N) is 4. The van der Waals surface area contributed by atoms with Gasteiger partial charge < -0.3 is 5.32 Å². The molecule has 3 heterocycles. The van der Waals surface area contributed by atoms with E-state index in [4.69, 9.17) is 4.98 Å². The number of para-hydroxylation sites is 1. The standard InChI is InChI=1S/C20H23N5O2S2/c1-20(2,3)25-17-13(10-21-25)18(27)24-12(11-29-19(24)23-17)9-16(26)22-14-7-5-6-8-15(14)28-4/h5-8,10,12H,9,11H2,1-4H3,(H,22,26). The molecule has 1 aliphatic rings. The second-order valence-corrected chi connectivity index (χ2v) is 9.79. The zero-order chi connectivity index (χ0) is 20.8. The Morgan fingerprint density at radius 2 is 2.10 bits per heavy atom. The van der Waals surface area contributed by atoms with Gasteiger partial charge in [0.25, 0.3) is 5.56 Å². The molecule has 2 aromatic heterocycles. The maximum atomic E-state index is 13.1. The first-order valence-corrected chi connectivity index (χ1v) is 11.6. The first-order valence-electron chi connectivity index (χ1n) is 9.36. The Kier molecular flexibility index (Phi) is 5.20. The molecule has 1 N–H and O–H groups in total. The first kappa shape index (κ1) is 20.0. The highest BCUT2D eigenvalue weighted by atomic mass is 32.2. The number of carbonyl (C=O) groups is 1. The third-order valence-corrected chi connectivity index (χ3v) is 6.70. The van der Waals surface area contributed by atoms with Crippen LogP contribution in [0.15, 0.2) is 45.3 Å². The van der Waals surface area contributed by atoms with Gasteiger partial charge in [0.1, 0.15) is 5.39 Å². The summed E-state index contributed by atoms with van der Waals surface area (Å²) in [5.41, 5.74) is 0.990. The molecule has 0 saturated carbocycles. The largest absolute Gasteiger partial charge is 0.325 e. The van der Waals surface area contributed by atoms with Crippen LogP contribution in [0.1, 0.15) is 33.2 Å². The molecule has 1 aromatic carbocycles. The number of thioether (sulfide) groups is 2. The number of amides is 1. The van der Waals surface area contributed by atoms with Gasteiger partial charge in [-0.25, -0.2) is 9.67 Å². The summed E-state index contributed by atoms with van der Waals surface area (Å²) in [5, 5.41) is 8.50. The highest BCUT2D eigenvalue weighted by Gasteiger charge is 2.30. The number of rotatable bonds is 4. The minimum Gasteiger partial charge on any atom is -0.325 e. The molecule has 4 rings (SSSR count). The topological polar surface area (TPSA) is 81.8 Å². The molecule has 9 heteroatoms. The lowest BCUT2D eigenvalue weighted by Gasteiger charge is -2.20. The van der Waals surface area contributed by atoms with Crippen molar-refractivity contribution < 1.29 is 4.79 Å². The SMILES string of the molecule is CSc1ccccc1NC(=O)CC1CSc2nc3c(cnn3C(C)(C)C)c(=O)n21. The minimum absolute atomic E-state index is 0.109. The fourth-order valence-corrected chi connectivity index (χ4v) is 5.12. The van der Waals surface area contributed by atoms with Gasteiger partial charge >= 0.3 is 0 Å². The van der Waals surface area contributed by atoms with Gasteiger partial charge in [0.15, 0.2) is 10.8 Å². The van der Waals surface area contributed by atoms with E-state index in [0.717, 1.165) is 10.6 Å². The van der Waals surface area contributed by atoms with Crippen molar-refractivity contribution in [2.24, 2.45) is 0 Å². The summed E-state index contributed by atoms with van der Waals surface area (Å²) in [6.45, 7) is 6.08. The molecule has 1 atom stereocenters. The average molecular weight is 430 g/mol. The number of fused-ring (bicyclic) bond motifs is 2. The lowest BCUT2D eigenvalue weighted by molar-refractivity contribution is -0.116. The number of benzene rings is 1. The van der Waals surface area contributed by atoms with Crippen molar-refractivity contribution in [2.75, 3.05) is 17.3 Å². The van der Waals surface area contributed by atoms with E-state index in [1.165, 1.54) is 11.8 Å². The van der Waals surface area contributed by atoms with Gasteiger partial charge in [-0.3, -0.25) is 14.2 Å². The first-order chi connectivity index (χ1) is 13.8. The molecule has 0 fully saturated rings. The predicted octanol–water partition coefficient (Wildman–Crippen LogP) is 3.75. The minimum atomic E-state index is -0.271. The van der Waals surface area contributed by atoms with Gasteiger partial charge in [0.05, 0.1) is 23.5 Å². The van der Waals surface area contributed by atoms with Gasteiger partial charge in [-0.05, 0) is 39.2 Å². The number of aromatic nitrogens is 4. The molecule has 3 aromatic rings. The monoisotopic (exact) mass is 429 g/mol. The van der Waals surface area contributed by atoms with Crippen LogP contribution in [0.3, 0.4) is 0 Å². The van der Waals surface area contributed by atoms with E-state index in [2.05, 4.69) is 10.4 Å². The predicted molar refractivity (Wildman–Crippen MR) is 118 cm³/mol. The van der Waals surface area contributed by atoms with Gasteiger partial charge in [-0.15, -0.1) is 11.8 Å². The summed E-state index contributed by atoms with van der Waals surface area (Å²) < 4.78 is 3.44. The lowest BCUT2D eigenvalue weighted by Crippen LogP contribution is -2.29. The molecule has 29 heavy (non-hydrogen) atoms. The summed E-state index contributed by atoms with van der Waals surface area (Å²) in [7, 11) is 0. The van der Waals surface area contributed by atoms with Gasteiger partial charge in [0.2, 0.25) is 5.91 Å². The molecular weight excluding hydrogens is 406 g/mol.